The number of anilines is 1. The van der Waals surface area contributed by atoms with Crippen LogP contribution < -0.4 is 11.1 Å². The third-order valence-electron chi connectivity index (χ3n) is 3.37. The summed E-state index contributed by atoms with van der Waals surface area (Å²) in [5.74, 6) is -0.380. The third kappa shape index (κ3) is 3.39. The largest absolute Gasteiger partial charge is 0.374 e. The first kappa shape index (κ1) is 16.4. The molecule has 124 valence electrons. The number of carbonyl (C=O) groups excluding carboxylic acids is 1. The van der Waals surface area contributed by atoms with Gasteiger partial charge in [0.15, 0.2) is 5.69 Å². The maximum atomic E-state index is 12.6. The molecule has 9 heteroatoms. The standard InChI is InChI=1S/C15H15ClN6OS/c1-2-22-8-10(16)12(21-22)13(23)18-11(9-6-4-3-5-7-9)14-19-20-15(17)24-14/h3-8,11H,2H2,1H3,(H2,17,20)(H,18,23)/t11-/m0/s1. The molecular formula is C15H15ClN6OS. The molecule has 3 rings (SSSR count). The van der Waals surface area contributed by atoms with E-state index in [1.54, 1.807) is 10.9 Å². The van der Waals surface area contributed by atoms with Crippen LogP contribution in [0.3, 0.4) is 0 Å². The van der Waals surface area contributed by atoms with Crippen molar-refractivity contribution in [3.8, 4) is 0 Å². The predicted molar refractivity (Wildman–Crippen MR) is 93.0 cm³/mol. The Kier molecular flexibility index (Phi) is 4.77. The Hall–Kier alpha value is -2.45. The molecule has 0 aliphatic rings. The van der Waals surface area contributed by atoms with Gasteiger partial charge >= 0.3 is 0 Å². The number of nitrogens with zero attached hydrogens (tertiary/aromatic N) is 4. The van der Waals surface area contributed by atoms with Crippen LogP contribution in [0.1, 0.15) is 34.0 Å². The van der Waals surface area contributed by atoms with Crippen LogP contribution in [0, 0.1) is 0 Å². The second-order valence-electron chi connectivity index (χ2n) is 4.98. The van der Waals surface area contributed by atoms with Crippen LogP contribution in [0.4, 0.5) is 5.13 Å². The minimum atomic E-state index is -0.476. The van der Waals surface area contributed by atoms with Crippen molar-refractivity contribution in [3.05, 3.63) is 57.8 Å². The first-order valence-corrected chi connectivity index (χ1v) is 8.45. The number of nitrogens with two attached hydrogens (primary N) is 1. The van der Waals surface area contributed by atoms with Crippen molar-refractivity contribution in [1.82, 2.24) is 25.3 Å². The molecule has 0 bridgehead atoms. The zero-order valence-electron chi connectivity index (χ0n) is 12.8. The number of carbonyl (C=O) groups is 1. The molecule has 1 atom stereocenters. The zero-order valence-corrected chi connectivity index (χ0v) is 14.4. The maximum Gasteiger partial charge on any atom is 0.274 e. The van der Waals surface area contributed by atoms with Gasteiger partial charge in [0.25, 0.3) is 5.91 Å². The SMILES string of the molecule is CCn1cc(Cl)c(C(=O)N[C@@H](c2ccccc2)c2nnc(N)s2)n1. The van der Waals surface area contributed by atoms with Crippen LogP contribution in [-0.2, 0) is 6.54 Å². The highest BCUT2D eigenvalue weighted by molar-refractivity contribution is 7.15. The van der Waals surface area contributed by atoms with Gasteiger partial charge in [0.05, 0.1) is 5.02 Å². The molecule has 3 aromatic rings. The summed E-state index contributed by atoms with van der Waals surface area (Å²) in [5, 5.41) is 16.2. The van der Waals surface area contributed by atoms with Crippen molar-refractivity contribution in [3.63, 3.8) is 0 Å². The quantitative estimate of drug-likeness (QED) is 0.726. The summed E-state index contributed by atoms with van der Waals surface area (Å²) >= 11 is 7.33. The minimum absolute atomic E-state index is 0.178. The molecule has 24 heavy (non-hydrogen) atoms. The topological polar surface area (TPSA) is 98.7 Å². The summed E-state index contributed by atoms with van der Waals surface area (Å²) in [6.07, 6.45) is 1.62. The van der Waals surface area contributed by atoms with Gasteiger partial charge < -0.3 is 11.1 Å². The lowest BCUT2D eigenvalue weighted by Crippen LogP contribution is -2.30. The highest BCUT2D eigenvalue weighted by atomic mass is 35.5. The normalized spacial score (nSPS) is 12.1. The third-order valence-corrected chi connectivity index (χ3v) is 4.46. The van der Waals surface area contributed by atoms with E-state index in [0.717, 1.165) is 5.56 Å². The smallest absolute Gasteiger partial charge is 0.274 e. The molecular weight excluding hydrogens is 348 g/mol. The predicted octanol–water partition coefficient (Wildman–Crippen LogP) is 2.51. The second-order valence-corrected chi connectivity index (χ2v) is 6.42. The van der Waals surface area contributed by atoms with Gasteiger partial charge in [-0.25, -0.2) is 0 Å². The Morgan fingerprint density at radius 3 is 2.71 bits per heavy atom. The van der Waals surface area contributed by atoms with Crippen LogP contribution in [0.2, 0.25) is 5.02 Å². The molecule has 3 N–H and O–H groups in total. The van der Waals surface area contributed by atoms with Gasteiger partial charge in [0, 0.05) is 12.7 Å². The van der Waals surface area contributed by atoms with Crippen molar-refractivity contribution in [1.29, 1.82) is 0 Å². The van der Waals surface area contributed by atoms with E-state index < -0.39 is 6.04 Å². The molecule has 0 radical (unpaired) electrons. The lowest BCUT2D eigenvalue weighted by atomic mass is 10.1. The highest BCUT2D eigenvalue weighted by Gasteiger charge is 2.24. The first-order chi connectivity index (χ1) is 11.6. The fourth-order valence-electron chi connectivity index (χ4n) is 2.21. The van der Waals surface area contributed by atoms with Crippen LogP contribution >= 0.6 is 22.9 Å². The Morgan fingerprint density at radius 2 is 2.12 bits per heavy atom. The number of hydrogen-bond acceptors (Lipinski definition) is 6. The van der Waals surface area contributed by atoms with Crippen molar-refractivity contribution < 1.29 is 4.79 Å². The van der Waals surface area contributed by atoms with E-state index in [0.29, 0.717) is 21.7 Å². The molecule has 0 aliphatic carbocycles. The van der Waals surface area contributed by atoms with Gasteiger partial charge in [-0.05, 0) is 12.5 Å². The van der Waals surface area contributed by atoms with Gasteiger partial charge in [0.2, 0.25) is 5.13 Å². The number of aryl methyl sites for hydroxylation is 1. The summed E-state index contributed by atoms with van der Waals surface area (Å²) in [7, 11) is 0. The number of rotatable bonds is 5. The van der Waals surface area contributed by atoms with Gasteiger partial charge in [-0.1, -0.05) is 53.3 Å². The Bertz CT molecular complexity index is 847. The Morgan fingerprint density at radius 1 is 1.38 bits per heavy atom. The number of hydrogen-bond donors (Lipinski definition) is 2. The van der Waals surface area contributed by atoms with Gasteiger partial charge in [-0.3, -0.25) is 9.48 Å². The highest BCUT2D eigenvalue weighted by Crippen LogP contribution is 2.26. The van der Waals surface area contributed by atoms with Gasteiger partial charge in [-0.2, -0.15) is 5.10 Å². The zero-order chi connectivity index (χ0) is 17.1. The molecule has 0 saturated carbocycles. The number of benzene rings is 1. The van der Waals surface area contributed by atoms with E-state index in [9.17, 15) is 4.79 Å². The lowest BCUT2D eigenvalue weighted by Gasteiger charge is -2.15. The van der Waals surface area contributed by atoms with Crippen molar-refractivity contribution >= 4 is 34.0 Å². The number of amides is 1. The molecule has 1 amide bonds. The van der Waals surface area contributed by atoms with E-state index in [2.05, 4.69) is 20.6 Å². The Labute approximate surface area is 147 Å². The first-order valence-electron chi connectivity index (χ1n) is 7.26. The fourth-order valence-corrected chi connectivity index (χ4v) is 3.14. The molecule has 0 fully saturated rings. The molecule has 0 aliphatic heterocycles. The second kappa shape index (κ2) is 6.98. The van der Waals surface area contributed by atoms with E-state index in [1.165, 1.54) is 11.3 Å². The van der Waals surface area contributed by atoms with Crippen molar-refractivity contribution in [2.75, 3.05) is 5.73 Å². The molecule has 0 saturated heterocycles. The number of nitrogens with one attached hydrogen (secondary N) is 1. The van der Waals surface area contributed by atoms with Gasteiger partial charge in [0.1, 0.15) is 11.0 Å². The summed E-state index contributed by atoms with van der Waals surface area (Å²) in [4.78, 5) is 12.6. The van der Waals surface area contributed by atoms with E-state index >= 15 is 0 Å². The average molecular weight is 363 g/mol. The Balaban J connectivity index is 1.92. The average Bonchev–Trinajstić information content (AvgIpc) is 3.19. The van der Waals surface area contributed by atoms with Crippen LogP contribution in [0.5, 0.6) is 0 Å². The molecule has 0 unspecified atom stereocenters. The van der Waals surface area contributed by atoms with Crippen molar-refractivity contribution in [2.45, 2.75) is 19.5 Å². The molecule has 1 aromatic carbocycles. The summed E-state index contributed by atoms with van der Waals surface area (Å²) in [6, 6.07) is 8.99. The van der Waals surface area contributed by atoms with E-state index in [1.807, 2.05) is 37.3 Å². The fraction of sp³-hybridized carbons (Fsp3) is 0.200. The van der Waals surface area contributed by atoms with E-state index in [4.69, 9.17) is 17.3 Å². The summed E-state index contributed by atoms with van der Waals surface area (Å²) in [6.45, 7) is 2.55. The van der Waals surface area contributed by atoms with Crippen LogP contribution in [-0.4, -0.2) is 25.9 Å². The monoisotopic (exact) mass is 362 g/mol. The lowest BCUT2D eigenvalue weighted by molar-refractivity contribution is 0.0937. The van der Waals surface area contributed by atoms with Crippen LogP contribution in [0.25, 0.3) is 0 Å². The summed E-state index contributed by atoms with van der Waals surface area (Å²) in [5.41, 5.74) is 6.72. The number of aromatic nitrogens is 4. The molecule has 7 nitrogen and oxygen atoms in total. The van der Waals surface area contributed by atoms with Gasteiger partial charge in [-0.15, -0.1) is 10.2 Å². The van der Waals surface area contributed by atoms with Crippen molar-refractivity contribution in [2.24, 2.45) is 0 Å². The molecule has 2 heterocycles. The molecule has 0 spiro atoms. The minimum Gasteiger partial charge on any atom is -0.374 e. The number of nitrogen functional groups attached to an aromatic ring is 1. The molecule has 2 aromatic heterocycles. The number of halogens is 1. The maximum absolute atomic E-state index is 12.6. The summed E-state index contributed by atoms with van der Waals surface area (Å²) < 4.78 is 1.61. The van der Waals surface area contributed by atoms with E-state index in [-0.39, 0.29) is 11.6 Å². The van der Waals surface area contributed by atoms with Crippen LogP contribution in [0.15, 0.2) is 36.5 Å².